The number of benzene rings is 2. The Morgan fingerprint density at radius 3 is 2.48 bits per heavy atom. The Hall–Kier alpha value is -1.77. The molecule has 0 aromatic heterocycles. The van der Waals surface area contributed by atoms with Gasteiger partial charge in [-0.2, -0.15) is 0 Å². The van der Waals surface area contributed by atoms with Crippen LogP contribution >= 0.6 is 0 Å². The zero-order valence-corrected chi connectivity index (χ0v) is 18.7. The van der Waals surface area contributed by atoms with E-state index >= 15 is 0 Å². The minimum absolute atomic E-state index is 0.0118. The molecule has 2 aliphatic rings. The molecule has 0 aliphatic carbocycles. The molecule has 2 fully saturated rings. The van der Waals surface area contributed by atoms with Crippen LogP contribution in [0.5, 0.6) is 0 Å². The van der Waals surface area contributed by atoms with Crippen molar-refractivity contribution in [2.45, 2.75) is 36.7 Å². The van der Waals surface area contributed by atoms with E-state index in [0.29, 0.717) is 19.8 Å². The average Bonchev–Trinajstić information content (AvgIpc) is 3.06. The van der Waals surface area contributed by atoms with E-state index in [0.717, 1.165) is 44.5 Å². The molecule has 0 radical (unpaired) electrons. The Morgan fingerprint density at radius 2 is 1.74 bits per heavy atom. The van der Waals surface area contributed by atoms with Gasteiger partial charge in [0, 0.05) is 26.2 Å². The van der Waals surface area contributed by atoms with Gasteiger partial charge in [0.2, 0.25) is 10.0 Å². The number of rotatable bonds is 8. The zero-order chi connectivity index (χ0) is 21.6. The van der Waals surface area contributed by atoms with E-state index in [9.17, 15) is 8.42 Å². The average molecular weight is 445 g/mol. The molecule has 2 aliphatic heterocycles. The molecule has 2 heterocycles. The molecular formula is C24H32N2O4S. The van der Waals surface area contributed by atoms with Crippen molar-refractivity contribution in [1.82, 2.24) is 9.62 Å². The number of hydrogen-bond acceptors (Lipinski definition) is 5. The molecule has 7 heteroatoms. The molecule has 2 aromatic rings. The Labute approximate surface area is 185 Å². The van der Waals surface area contributed by atoms with Gasteiger partial charge in [0.05, 0.1) is 25.1 Å². The molecular weight excluding hydrogens is 412 g/mol. The van der Waals surface area contributed by atoms with Crippen molar-refractivity contribution in [2.24, 2.45) is 0 Å². The van der Waals surface area contributed by atoms with Gasteiger partial charge in [-0.15, -0.1) is 0 Å². The van der Waals surface area contributed by atoms with Crippen LogP contribution in [0.4, 0.5) is 0 Å². The van der Waals surface area contributed by atoms with Crippen LogP contribution in [-0.4, -0.2) is 64.4 Å². The number of sulfonamides is 1. The lowest BCUT2D eigenvalue weighted by Gasteiger charge is -2.32. The van der Waals surface area contributed by atoms with Crippen LogP contribution in [0.2, 0.25) is 0 Å². The fourth-order valence-electron chi connectivity index (χ4n) is 4.43. The van der Waals surface area contributed by atoms with Crippen molar-refractivity contribution in [3.05, 3.63) is 71.8 Å². The summed E-state index contributed by atoms with van der Waals surface area (Å²) in [6, 6.07) is 19.8. The molecule has 168 valence electrons. The van der Waals surface area contributed by atoms with Crippen LogP contribution < -0.4 is 4.72 Å². The van der Waals surface area contributed by atoms with Crippen LogP contribution in [-0.2, 0) is 31.7 Å². The molecule has 2 saturated heterocycles. The number of hydrogen-bond donors (Lipinski definition) is 1. The van der Waals surface area contributed by atoms with Gasteiger partial charge in [0.1, 0.15) is 5.60 Å². The van der Waals surface area contributed by atoms with Crippen LogP contribution in [0.1, 0.15) is 24.0 Å². The fourth-order valence-corrected chi connectivity index (χ4v) is 5.61. The molecule has 0 amide bonds. The third kappa shape index (κ3) is 6.60. The molecule has 0 bridgehead atoms. The van der Waals surface area contributed by atoms with Crippen molar-refractivity contribution in [3.8, 4) is 0 Å². The highest BCUT2D eigenvalue weighted by Gasteiger charge is 2.43. The van der Waals surface area contributed by atoms with Crippen LogP contribution in [0.15, 0.2) is 60.7 Å². The molecule has 31 heavy (non-hydrogen) atoms. The summed E-state index contributed by atoms with van der Waals surface area (Å²) < 4.78 is 39.9. The monoisotopic (exact) mass is 444 g/mol. The summed E-state index contributed by atoms with van der Waals surface area (Å²) in [5.41, 5.74) is 1.77. The van der Waals surface area contributed by atoms with Gasteiger partial charge >= 0.3 is 0 Å². The smallest absolute Gasteiger partial charge is 0.215 e. The van der Waals surface area contributed by atoms with Gasteiger partial charge < -0.3 is 9.47 Å². The molecule has 0 unspecified atom stereocenters. The highest BCUT2D eigenvalue weighted by atomic mass is 32.2. The summed E-state index contributed by atoms with van der Waals surface area (Å²) in [6.45, 7) is 4.27. The predicted molar refractivity (Wildman–Crippen MR) is 121 cm³/mol. The van der Waals surface area contributed by atoms with E-state index in [-0.39, 0.29) is 17.5 Å². The highest BCUT2D eigenvalue weighted by Crippen LogP contribution is 2.33. The lowest BCUT2D eigenvalue weighted by molar-refractivity contribution is -0.0837. The first-order chi connectivity index (χ1) is 15.0. The summed E-state index contributed by atoms with van der Waals surface area (Å²) in [5, 5.41) is 0. The molecule has 6 nitrogen and oxygen atoms in total. The highest BCUT2D eigenvalue weighted by molar-refractivity contribution is 7.88. The van der Waals surface area contributed by atoms with E-state index in [1.54, 1.807) is 0 Å². The first-order valence-electron chi connectivity index (χ1n) is 11.1. The Morgan fingerprint density at radius 1 is 1.03 bits per heavy atom. The van der Waals surface area contributed by atoms with Crippen LogP contribution in [0, 0.1) is 0 Å². The quantitative estimate of drug-likeness (QED) is 0.678. The zero-order valence-electron chi connectivity index (χ0n) is 17.9. The number of ether oxygens (including phenoxy) is 2. The van der Waals surface area contributed by atoms with Gasteiger partial charge in [-0.3, -0.25) is 4.90 Å². The first kappa shape index (κ1) is 22.4. The summed E-state index contributed by atoms with van der Waals surface area (Å²) in [5.74, 6) is -0.0118. The minimum Gasteiger partial charge on any atom is -0.377 e. The maximum Gasteiger partial charge on any atom is 0.215 e. The summed E-state index contributed by atoms with van der Waals surface area (Å²) in [7, 11) is -3.39. The topological polar surface area (TPSA) is 67.9 Å². The van der Waals surface area contributed by atoms with Gasteiger partial charge in [-0.25, -0.2) is 13.1 Å². The molecule has 0 saturated carbocycles. The van der Waals surface area contributed by atoms with Crippen molar-refractivity contribution in [1.29, 1.82) is 0 Å². The van der Waals surface area contributed by atoms with E-state index < -0.39 is 10.0 Å². The lowest BCUT2D eigenvalue weighted by atomic mass is 10.00. The Kier molecular flexibility index (Phi) is 7.40. The van der Waals surface area contributed by atoms with Crippen molar-refractivity contribution < 1.29 is 17.9 Å². The second-order valence-electron chi connectivity index (χ2n) is 8.62. The van der Waals surface area contributed by atoms with E-state index in [4.69, 9.17) is 9.47 Å². The van der Waals surface area contributed by atoms with Gasteiger partial charge in [-0.05, 0) is 30.4 Å². The number of nitrogens with zero attached hydrogens (tertiary/aromatic N) is 1. The molecule has 2 aromatic carbocycles. The summed E-state index contributed by atoms with van der Waals surface area (Å²) in [6.07, 6.45) is 2.60. The van der Waals surface area contributed by atoms with Gasteiger partial charge in [-0.1, -0.05) is 60.7 Å². The minimum atomic E-state index is -3.39. The standard InChI is InChI=1S/C24H32N2O4S/c27-31(28,18-22-9-5-2-6-10-22)25-17-23-11-13-24(30-23)19-26(15-16-29-20-24)14-12-21-7-3-1-4-8-21/h1-10,23,25H,11-20H2/t23-,24-/m1/s1. The van der Waals surface area contributed by atoms with E-state index in [2.05, 4.69) is 33.9 Å². The molecule has 1 spiro atoms. The predicted octanol–water partition coefficient (Wildman–Crippen LogP) is 2.60. The molecule has 4 rings (SSSR count). The Balaban J connectivity index is 1.28. The van der Waals surface area contributed by atoms with Crippen LogP contribution in [0.25, 0.3) is 0 Å². The Bertz CT molecular complexity index is 923. The van der Waals surface area contributed by atoms with Crippen molar-refractivity contribution in [3.63, 3.8) is 0 Å². The maximum absolute atomic E-state index is 12.5. The third-order valence-corrected chi connectivity index (χ3v) is 7.38. The van der Waals surface area contributed by atoms with Gasteiger partial charge in [0.15, 0.2) is 0 Å². The molecule has 1 N–H and O–H groups in total. The number of nitrogens with one attached hydrogen (secondary N) is 1. The first-order valence-corrected chi connectivity index (χ1v) is 12.7. The second-order valence-corrected chi connectivity index (χ2v) is 10.4. The van der Waals surface area contributed by atoms with Crippen LogP contribution in [0.3, 0.4) is 0 Å². The van der Waals surface area contributed by atoms with E-state index in [1.807, 2.05) is 36.4 Å². The largest absolute Gasteiger partial charge is 0.377 e. The lowest BCUT2D eigenvalue weighted by Crippen LogP contribution is -2.46. The maximum atomic E-state index is 12.5. The fraction of sp³-hybridized carbons (Fsp3) is 0.500. The van der Waals surface area contributed by atoms with Crippen molar-refractivity contribution >= 4 is 10.0 Å². The summed E-state index contributed by atoms with van der Waals surface area (Å²) in [4.78, 5) is 2.42. The second kappa shape index (κ2) is 10.2. The van der Waals surface area contributed by atoms with E-state index in [1.165, 1.54) is 5.56 Å². The normalized spacial score (nSPS) is 25.0. The third-order valence-electron chi connectivity index (χ3n) is 6.06. The summed E-state index contributed by atoms with van der Waals surface area (Å²) >= 11 is 0. The molecule has 2 atom stereocenters. The SMILES string of the molecule is O=S(=O)(Cc1ccccc1)NC[C@H]1CC[C@@]2(COCCN(CCc3ccccc3)C2)O1. The van der Waals surface area contributed by atoms with Crippen molar-refractivity contribution in [2.75, 3.05) is 39.4 Å². The van der Waals surface area contributed by atoms with Gasteiger partial charge in [0.25, 0.3) is 0 Å².